The summed E-state index contributed by atoms with van der Waals surface area (Å²) in [5.41, 5.74) is 2.27. The van der Waals surface area contributed by atoms with Gasteiger partial charge < -0.3 is 20.1 Å². The first-order valence-electron chi connectivity index (χ1n) is 10.6. The number of pyridine rings is 1. The second-order valence-electron chi connectivity index (χ2n) is 7.79. The Morgan fingerprint density at radius 1 is 1.30 bits per heavy atom. The Morgan fingerprint density at radius 2 is 2.12 bits per heavy atom. The van der Waals surface area contributed by atoms with Crippen molar-refractivity contribution in [2.45, 2.75) is 24.3 Å². The van der Waals surface area contributed by atoms with Gasteiger partial charge in [0, 0.05) is 49.6 Å². The van der Waals surface area contributed by atoms with Gasteiger partial charge in [-0.15, -0.1) is 11.8 Å². The van der Waals surface area contributed by atoms with Crippen LogP contribution < -0.4 is 10.1 Å². The lowest BCUT2D eigenvalue weighted by Crippen LogP contribution is -2.27. The molecule has 1 aliphatic rings. The van der Waals surface area contributed by atoms with Crippen LogP contribution in [-0.4, -0.2) is 64.0 Å². The van der Waals surface area contributed by atoms with Crippen LogP contribution in [0.5, 0.6) is 11.5 Å². The minimum Gasteiger partial charge on any atom is -0.456 e. The minimum absolute atomic E-state index is 0.145. The number of ether oxygens (including phenoxy) is 1. The molecule has 0 aliphatic carbocycles. The van der Waals surface area contributed by atoms with E-state index in [1.807, 2.05) is 37.4 Å². The summed E-state index contributed by atoms with van der Waals surface area (Å²) in [5.74, 6) is 1.12. The number of aryl methyl sites for hydroxylation is 1. The molecule has 2 N–H and O–H groups in total. The van der Waals surface area contributed by atoms with E-state index in [9.17, 15) is 14.7 Å². The van der Waals surface area contributed by atoms with Crippen LogP contribution in [0.2, 0.25) is 0 Å². The minimum atomic E-state index is -0.451. The number of hydrogen-bond donors (Lipinski definition) is 2. The topological polar surface area (TPSA) is 96.7 Å². The number of likely N-dealkylation sites (tertiary alicyclic amines) is 1. The molecular formula is C24H26N4O4S. The summed E-state index contributed by atoms with van der Waals surface area (Å²) in [6, 6.07) is 9.11. The fourth-order valence-corrected chi connectivity index (χ4v) is 4.59. The van der Waals surface area contributed by atoms with E-state index < -0.39 is 6.10 Å². The zero-order valence-corrected chi connectivity index (χ0v) is 19.6. The molecular weight excluding hydrogens is 440 g/mol. The van der Waals surface area contributed by atoms with Crippen LogP contribution >= 0.6 is 11.8 Å². The van der Waals surface area contributed by atoms with Crippen LogP contribution in [0.3, 0.4) is 0 Å². The molecule has 0 saturated carbocycles. The molecule has 1 unspecified atom stereocenters. The summed E-state index contributed by atoms with van der Waals surface area (Å²) >= 11 is 1.48. The van der Waals surface area contributed by atoms with E-state index in [1.165, 1.54) is 17.8 Å². The zero-order chi connectivity index (χ0) is 23.5. The molecule has 33 heavy (non-hydrogen) atoms. The Hall–Kier alpha value is -3.30. The standard InChI is InChI=1S/C24H26N4O4S/c1-15-12-16-13-18(4-6-20(16)28(15)24(31)25-2)32-21-8-10-26-19(23(21)33-3)5-7-22(30)27-11-9-17(29)14-27/h4-8,10,12-13,17,29H,9,11,14H2,1-3H3,(H,25,31)/b7-5+. The average molecular weight is 467 g/mol. The molecule has 2 amide bonds. The van der Waals surface area contributed by atoms with Crippen LogP contribution in [0, 0.1) is 6.92 Å². The molecule has 1 fully saturated rings. The molecule has 2 aromatic heterocycles. The maximum Gasteiger partial charge on any atom is 0.325 e. The van der Waals surface area contributed by atoms with Gasteiger partial charge in [-0.05, 0) is 49.9 Å². The molecule has 1 saturated heterocycles. The SMILES string of the molecule is CNC(=O)n1c(C)cc2cc(Oc3ccnc(/C=C/C(=O)N4CCC(O)C4)c3SC)ccc21. The second-order valence-corrected chi connectivity index (χ2v) is 8.60. The number of aromatic nitrogens is 2. The van der Waals surface area contributed by atoms with E-state index in [-0.39, 0.29) is 11.9 Å². The van der Waals surface area contributed by atoms with Gasteiger partial charge >= 0.3 is 6.03 Å². The maximum absolute atomic E-state index is 12.4. The Labute approximate surface area is 196 Å². The van der Waals surface area contributed by atoms with Gasteiger partial charge in [0.1, 0.15) is 11.5 Å². The predicted octanol–water partition coefficient (Wildman–Crippen LogP) is 3.65. The highest BCUT2D eigenvalue weighted by atomic mass is 32.2. The highest BCUT2D eigenvalue weighted by Crippen LogP contribution is 2.35. The largest absolute Gasteiger partial charge is 0.456 e. The molecule has 8 nitrogen and oxygen atoms in total. The number of aliphatic hydroxyl groups is 1. The van der Waals surface area contributed by atoms with Crippen molar-refractivity contribution in [2.24, 2.45) is 0 Å². The van der Waals surface area contributed by atoms with Crippen molar-refractivity contribution in [3.8, 4) is 11.5 Å². The van der Waals surface area contributed by atoms with Gasteiger partial charge in [0.05, 0.1) is 22.2 Å². The van der Waals surface area contributed by atoms with Gasteiger partial charge in [-0.1, -0.05) is 0 Å². The van der Waals surface area contributed by atoms with Crippen molar-refractivity contribution < 1.29 is 19.4 Å². The molecule has 1 atom stereocenters. The number of rotatable bonds is 5. The summed E-state index contributed by atoms with van der Waals surface area (Å²) in [4.78, 5) is 31.4. The Morgan fingerprint density at radius 3 is 2.82 bits per heavy atom. The molecule has 0 bridgehead atoms. The molecule has 4 rings (SSSR count). The van der Waals surface area contributed by atoms with Crippen LogP contribution in [-0.2, 0) is 4.79 Å². The van der Waals surface area contributed by atoms with Crippen molar-refractivity contribution in [1.29, 1.82) is 0 Å². The first-order chi connectivity index (χ1) is 15.9. The molecule has 1 aliphatic heterocycles. The molecule has 0 spiro atoms. The first-order valence-corrected chi connectivity index (χ1v) is 11.8. The lowest BCUT2D eigenvalue weighted by molar-refractivity contribution is -0.125. The van der Waals surface area contributed by atoms with Gasteiger partial charge in [-0.25, -0.2) is 4.79 Å². The number of carbonyl (C=O) groups is 2. The maximum atomic E-state index is 12.4. The van der Waals surface area contributed by atoms with Crippen molar-refractivity contribution >= 4 is 40.7 Å². The van der Waals surface area contributed by atoms with E-state index >= 15 is 0 Å². The van der Waals surface area contributed by atoms with Gasteiger partial charge in [0.25, 0.3) is 0 Å². The highest BCUT2D eigenvalue weighted by Gasteiger charge is 2.23. The smallest absolute Gasteiger partial charge is 0.325 e. The summed E-state index contributed by atoms with van der Waals surface area (Å²) in [7, 11) is 1.60. The van der Waals surface area contributed by atoms with E-state index in [4.69, 9.17) is 4.74 Å². The number of hydrogen-bond acceptors (Lipinski definition) is 6. The molecule has 1 aromatic carbocycles. The van der Waals surface area contributed by atoms with E-state index in [1.54, 1.807) is 34.9 Å². The third kappa shape index (κ3) is 4.74. The van der Waals surface area contributed by atoms with Crippen LogP contribution in [0.15, 0.2) is 47.5 Å². The van der Waals surface area contributed by atoms with Gasteiger partial charge in [0.15, 0.2) is 0 Å². The Balaban J connectivity index is 1.58. The van der Waals surface area contributed by atoms with Gasteiger partial charge in [0.2, 0.25) is 5.91 Å². The first kappa shape index (κ1) is 22.9. The normalized spacial score (nSPS) is 16.0. The number of fused-ring (bicyclic) bond motifs is 1. The van der Waals surface area contributed by atoms with E-state index in [2.05, 4.69) is 10.3 Å². The molecule has 0 radical (unpaired) electrons. The average Bonchev–Trinajstić information content (AvgIpc) is 3.39. The van der Waals surface area contributed by atoms with Crippen molar-refractivity contribution in [3.05, 3.63) is 54.0 Å². The van der Waals surface area contributed by atoms with Crippen LogP contribution in [0.1, 0.15) is 17.8 Å². The van der Waals surface area contributed by atoms with Crippen molar-refractivity contribution in [2.75, 3.05) is 26.4 Å². The summed E-state index contributed by atoms with van der Waals surface area (Å²) in [6.07, 6.45) is 6.89. The monoisotopic (exact) mass is 466 g/mol. The summed E-state index contributed by atoms with van der Waals surface area (Å²) in [6.45, 7) is 2.80. The summed E-state index contributed by atoms with van der Waals surface area (Å²) < 4.78 is 7.80. The summed E-state index contributed by atoms with van der Waals surface area (Å²) in [5, 5.41) is 13.2. The number of benzene rings is 1. The third-order valence-electron chi connectivity index (χ3n) is 5.56. The number of β-amino-alcohol motifs (C(OH)–C–C–N with tert-alkyl or cyclic N) is 1. The fraction of sp³-hybridized carbons (Fsp3) is 0.292. The fourth-order valence-electron chi connectivity index (χ4n) is 3.95. The number of carbonyl (C=O) groups excluding carboxylic acids is 2. The predicted molar refractivity (Wildman–Crippen MR) is 129 cm³/mol. The molecule has 9 heteroatoms. The Bertz CT molecular complexity index is 1240. The second kappa shape index (κ2) is 9.68. The third-order valence-corrected chi connectivity index (χ3v) is 6.38. The molecule has 172 valence electrons. The number of thioether (sulfide) groups is 1. The molecule has 3 heterocycles. The number of nitrogens with one attached hydrogen (secondary N) is 1. The van der Waals surface area contributed by atoms with E-state index in [0.717, 1.165) is 21.5 Å². The van der Waals surface area contributed by atoms with Crippen LogP contribution in [0.25, 0.3) is 17.0 Å². The van der Waals surface area contributed by atoms with Crippen LogP contribution in [0.4, 0.5) is 4.79 Å². The molecule has 3 aromatic rings. The number of nitrogens with zero attached hydrogens (tertiary/aromatic N) is 3. The van der Waals surface area contributed by atoms with Crippen molar-refractivity contribution in [1.82, 2.24) is 19.8 Å². The van der Waals surface area contributed by atoms with Gasteiger partial charge in [-0.3, -0.25) is 14.3 Å². The van der Waals surface area contributed by atoms with E-state index in [0.29, 0.717) is 36.7 Å². The lowest BCUT2D eigenvalue weighted by Gasteiger charge is -2.13. The highest BCUT2D eigenvalue weighted by molar-refractivity contribution is 7.98. The van der Waals surface area contributed by atoms with Crippen molar-refractivity contribution in [3.63, 3.8) is 0 Å². The Kier molecular flexibility index (Phi) is 6.71. The number of amides is 2. The zero-order valence-electron chi connectivity index (χ0n) is 18.7. The van der Waals surface area contributed by atoms with Gasteiger partial charge in [-0.2, -0.15) is 0 Å². The number of aliphatic hydroxyl groups excluding tert-OH is 1. The quantitative estimate of drug-likeness (QED) is 0.440. The lowest BCUT2D eigenvalue weighted by atomic mass is 10.2.